The van der Waals surface area contributed by atoms with Crippen molar-refractivity contribution in [2.24, 2.45) is 11.3 Å². The number of carbonyl (C=O) groups excluding carboxylic acids is 1. The van der Waals surface area contributed by atoms with Crippen LogP contribution in [0, 0.1) is 18.3 Å². The second-order valence-corrected chi connectivity index (χ2v) is 7.79. The summed E-state index contributed by atoms with van der Waals surface area (Å²) in [6.07, 6.45) is 1.71. The molecule has 1 aromatic rings. The minimum Gasteiger partial charge on any atom is -0.460 e. The Kier molecular flexibility index (Phi) is 4.55. The summed E-state index contributed by atoms with van der Waals surface area (Å²) in [5.41, 5.74) is 1.14. The monoisotopic (exact) mass is 296 g/mol. The molecule has 1 saturated carbocycles. The van der Waals surface area contributed by atoms with Crippen molar-refractivity contribution in [2.45, 2.75) is 59.2 Å². The number of rotatable bonds is 3. The van der Waals surface area contributed by atoms with Crippen LogP contribution in [0.15, 0.2) is 11.4 Å². The second kappa shape index (κ2) is 5.86. The maximum absolute atomic E-state index is 12.1. The van der Waals surface area contributed by atoms with Crippen molar-refractivity contribution in [3.05, 3.63) is 21.9 Å². The number of hydrogen-bond acceptors (Lipinski definition) is 4. The number of aryl methyl sites for hydroxylation is 1. The fourth-order valence-corrected chi connectivity index (χ4v) is 4.25. The zero-order valence-corrected chi connectivity index (χ0v) is 13.5. The average molecular weight is 296 g/mol. The highest BCUT2D eigenvalue weighted by molar-refractivity contribution is 7.10. The molecule has 0 aliphatic heterocycles. The molecule has 0 spiro atoms. The van der Waals surface area contributed by atoms with Crippen molar-refractivity contribution in [2.75, 3.05) is 0 Å². The number of esters is 1. The van der Waals surface area contributed by atoms with Crippen LogP contribution in [-0.4, -0.2) is 17.2 Å². The molecule has 1 aliphatic rings. The highest BCUT2D eigenvalue weighted by Gasteiger charge is 2.35. The molecule has 0 saturated heterocycles. The third-order valence-electron chi connectivity index (χ3n) is 4.00. The van der Waals surface area contributed by atoms with Gasteiger partial charge in [0.15, 0.2) is 6.10 Å². The van der Waals surface area contributed by atoms with Gasteiger partial charge in [-0.3, -0.25) is 0 Å². The van der Waals surface area contributed by atoms with E-state index in [-0.39, 0.29) is 11.5 Å². The van der Waals surface area contributed by atoms with E-state index >= 15 is 0 Å². The van der Waals surface area contributed by atoms with Gasteiger partial charge in [-0.1, -0.05) is 20.8 Å². The van der Waals surface area contributed by atoms with Gasteiger partial charge in [-0.05, 0) is 54.5 Å². The molecule has 3 atom stereocenters. The molecule has 3 nitrogen and oxygen atoms in total. The van der Waals surface area contributed by atoms with E-state index in [9.17, 15) is 9.90 Å². The molecule has 2 rings (SSSR count). The Hall–Kier alpha value is -0.870. The number of hydrogen-bond donors (Lipinski definition) is 1. The lowest BCUT2D eigenvalue weighted by atomic mass is 9.71. The van der Waals surface area contributed by atoms with Gasteiger partial charge in [0.1, 0.15) is 6.10 Å². The van der Waals surface area contributed by atoms with Crippen molar-refractivity contribution in [1.82, 2.24) is 0 Å². The Labute approximate surface area is 125 Å². The van der Waals surface area contributed by atoms with E-state index in [0.717, 1.165) is 24.8 Å². The first-order chi connectivity index (χ1) is 9.28. The largest absolute Gasteiger partial charge is 0.460 e. The maximum atomic E-state index is 12.1. The molecule has 0 bridgehead atoms. The van der Waals surface area contributed by atoms with E-state index in [1.807, 2.05) is 18.4 Å². The quantitative estimate of drug-likeness (QED) is 0.862. The molecule has 1 aromatic heterocycles. The Morgan fingerprint density at radius 1 is 1.50 bits per heavy atom. The fraction of sp³-hybridized carbons (Fsp3) is 0.688. The van der Waals surface area contributed by atoms with Gasteiger partial charge < -0.3 is 9.84 Å². The van der Waals surface area contributed by atoms with Gasteiger partial charge in [0.2, 0.25) is 0 Å². The Balaban J connectivity index is 1.99. The van der Waals surface area contributed by atoms with E-state index in [2.05, 4.69) is 20.8 Å². The third-order valence-corrected chi connectivity index (χ3v) is 5.07. The molecule has 0 amide bonds. The van der Waals surface area contributed by atoms with Crippen molar-refractivity contribution >= 4 is 17.3 Å². The van der Waals surface area contributed by atoms with Crippen molar-refractivity contribution < 1.29 is 14.6 Å². The topological polar surface area (TPSA) is 46.5 Å². The minimum absolute atomic E-state index is 0.0730. The van der Waals surface area contributed by atoms with E-state index < -0.39 is 12.1 Å². The molecule has 1 heterocycles. The summed E-state index contributed by atoms with van der Waals surface area (Å²) in [4.78, 5) is 12.8. The van der Waals surface area contributed by atoms with Gasteiger partial charge in [-0.15, -0.1) is 11.3 Å². The molecule has 1 aliphatic carbocycles. The lowest BCUT2D eigenvalue weighted by Crippen LogP contribution is -2.35. The normalized spacial score (nSPS) is 27.1. The van der Waals surface area contributed by atoms with Crippen LogP contribution in [0.1, 0.15) is 56.6 Å². The molecule has 112 valence electrons. The molecular formula is C16H24O3S. The smallest absolute Gasteiger partial charge is 0.340 e. The average Bonchev–Trinajstić information content (AvgIpc) is 2.71. The predicted molar refractivity (Wildman–Crippen MR) is 80.7 cm³/mol. The predicted octanol–water partition coefficient (Wildman–Crippen LogP) is 3.85. The first kappa shape index (κ1) is 15.5. The van der Waals surface area contributed by atoms with Crippen molar-refractivity contribution in [3.8, 4) is 0 Å². The van der Waals surface area contributed by atoms with Crippen LogP contribution in [-0.2, 0) is 9.53 Å². The molecule has 0 radical (unpaired) electrons. The number of aliphatic hydroxyl groups excluding tert-OH is 1. The first-order valence-corrected chi connectivity index (χ1v) is 8.09. The van der Waals surface area contributed by atoms with Crippen LogP contribution in [0.4, 0.5) is 0 Å². The molecule has 1 fully saturated rings. The van der Waals surface area contributed by atoms with Crippen LogP contribution in [0.25, 0.3) is 0 Å². The standard InChI is InChI=1S/C16H24O3S/c1-10-7-12(9-16(3,4)8-10)19-15(18)13(17)14-11(2)5-6-20-14/h5-6,10,12-13,17H,7-9H2,1-4H3. The van der Waals surface area contributed by atoms with Crippen molar-refractivity contribution in [1.29, 1.82) is 0 Å². The van der Waals surface area contributed by atoms with Gasteiger partial charge in [0, 0.05) is 4.88 Å². The van der Waals surface area contributed by atoms with Gasteiger partial charge in [0.05, 0.1) is 0 Å². The Bertz CT molecular complexity index is 478. The van der Waals surface area contributed by atoms with Crippen LogP contribution in [0.3, 0.4) is 0 Å². The summed E-state index contributed by atoms with van der Waals surface area (Å²) in [6.45, 7) is 8.52. The number of carbonyl (C=O) groups is 1. The maximum Gasteiger partial charge on any atom is 0.340 e. The van der Waals surface area contributed by atoms with E-state index in [1.165, 1.54) is 11.3 Å². The van der Waals surface area contributed by atoms with Gasteiger partial charge in [-0.25, -0.2) is 4.79 Å². The zero-order chi connectivity index (χ0) is 14.9. The second-order valence-electron chi connectivity index (χ2n) is 6.84. The lowest BCUT2D eigenvalue weighted by Gasteiger charge is -2.38. The van der Waals surface area contributed by atoms with Crippen molar-refractivity contribution in [3.63, 3.8) is 0 Å². The van der Waals surface area contributed by atoms with E-state index in [4.69, 9.17) is 4.74 Å². The summed E-state index contributed by atoms with van der Waals surface area (Å²) in [7, 11) is 0. The summed E-state index contributed by atoms with van der Waals surface area (Å²) in [5.74, 6) is 0.0441. The van der Waals surface area contributed by atoms with Crippen LogP contribution < -0.4 is 0 Å². The van der Waals surface area contributed by atoms with Gasteiger partial charge in [-0.2, -0.15) is 0 Å². The SMILES string of the molecule is Cc1ccsc1C(O)C(=O)OC1CC(C)CC(C)(C)C1. The van der Waals surface area contributed by atoms with Crippen LogP contribution >= 0.6 is 11.3 Å². The summed E-state index contributed by atoms with van der Waals surface area (Å²) in [5, 5.41) is 12.0. The fourth-order valence-electron chi connectivity index (χ4n) is 3.35. The Morgan fingerprint density at radius 2 is 2.20 bits per heavy atom. The van der Waals surface area contributed by atoms with Gasteiger partial charge >= 0.3 is 5.97 Å². The number of aliphatic hydroxyl groups is 1. The van der Waals surface area contributed by atoms with Gasteiger partial charge in [0.25, 0.3) is 0 Å². The van der Waals surface area contributed by atoms with Crippen LogP contribution in [0.5, 0.6) is 0 Å². The summed E-state index contributed by atoms with van der Waals surface area (Å²) >= 11 is 1.40. The summed E-state index contributed by atoms with van der Waals surface area (Å²) < 4.78 is 5.56. The van der Waals surface area contributed by atoms with Crippen LogP contribution in [0.2, 0.25) is 0 Å². The van der Waals surface area contributed by atoms with E-state index in [0.29, 0.717) is 10.8 Å². The van der Waals surface area contributed by atoms with E-state index in [1.54, 1.807) is 0 Å². The molecular weight excluding hydrogens is 272 g/mol. The lowest BCUT2D eigenvalue weighted by molar-refractivity contribution is -0.163. The third kappa shape index (κ3) is 3.61. The molecule has 1 N–H and O–H groups in total. The molecule has 0 aromatic carbocycles. The minimum atomic E-state index is -1.14. The number of thiophene rings is 1. The highest BCUT2D eigenvalue weighted by atomic mass is 32.1. The molecule has 3 unspecified atom stereocenters. The molecule has 20 heavy (non-hydrogen) atoms. The Morgan fingerprint density at radius 3 is 2.75 bits per heavy atom. The zero-order valence-electron chi connectivity index (χ0n) is 12.7. The first-order valence-electron chi connectivity index (χ1n) is 7.21. The summed E-state index contributed by atoms with van der Waals surface area (Å²) in [6, 6.07) is 1.91. The highest BCUT2D eigenvalue weighted by Crippen LogP contribution is 2.40. The number of ether oxygens (including phenoxy) is 1. The molecule has 4 heteroatoms.